The predicted octanol–water partition coefficient (Wildman–Crippen LogP) is 1.74. The van der Waals surface area contributed by atoms with Crippen LogP contribution in [0.2, 0.25) is 0 Å². The van der Waals surface area contributed by atoms with Crippen molar-refractivity contribution in [3.05, 3.63) is 29.2 Å². The van der Waals surface area contributed by atoms with Gasteiger partial charge in [0.05, 0.1) is 7.11 Å². The molecule has 0 aromatic heterocycles. The Kier molecular flexibility index (Phi) is 2.21. The van der Waals surface area contributed by atoms with Crippen molar-refractivity contribution in [2.24, 2.45) is 0 Å². The summed E-state index contributed by atoms with van der Waals surface area (Å²) in [6, 6.07) is 6.94. The molecule has 0 aliphatic rings. The summed E-state index contributed by atoms with van der Waals surface area (Å²) in [5.41, 5.74) is 0.630. The minimum absolute atomic E-state index is 0.630. The fraction of sp³-hybridized carbons (Fsp3) is 0.250. The lowest BCUT2D eigenvalue weighted by molar-refractivity contribution is -0.428. The Morgan fingerprint density at radius 1 is 1.27 bits per heavy atom. The van der Waals surface area contributed by atoms with Gasteiger partial charge in [0.25, 0.3) is 5.69 Å². The van der Waals surface area contributed by atoms with Gasteiger partial charge >= 0.3 is 0 Å². The molecule has 58 valence electrons. The molecule has 3 nitrogen and oxygen atoms in total. The van der Waals surface area contributed by atoms with Crippen molar-refractivity contribution < 1.29 is 9.50 Å². The Bertz CT molecular complexity index is 253. The Balaban J connectivity index is 2.91. The molecule has 0 radical (unpaired) electrons. The number of rotatable bonds is 2. The second-order valence-corrected chi connectivity index (χ2v) is 2.20. The van der Waals surface area contributed by atoms with Crippen LogP contribution in [0.25, 0.3) is 0 Å². The summed E-state index contributed by atoms with van der Waals surface area (Å²) >= 11 is 0. The normalized spacial score (nSPS) is 9.27. The van der Waals surface area contributed by atoms with Crippen LogP contribution in [-0.2, 0) is 0 Å². The summed E-state index contributed by atoms with van der Waals surface area (Å²) in [4.78, 5) is 10.7. The molecule has 1 rings (SSSR count). The van der Waals surface area contributed by atoms with Gasteiger partial charge in [0.1, 0.15) is 5.75 Å². The number of hydrogen-bond acceptors (Lipinski definition) is 2. The monoisotopic (exact) mass is 152 g/mol. The molecule has 0 saturated carbocycles. The van der Waals surface area contributed by atoms with Gasteiger partial charge in [-0.05, 0) is 12.1 Å². The first-order valence-corrected chi connectivity index (χ1v) is 3.29. The number of hydrogen-bond donors (Lipinski definition) is 0. The fourth-order valence-corrected chi connectivity index (χ4v) is 0.792. The summed E-state index contributed by atoms with van der Waals surface area (Å²) in [6.45, 7) is 0. The van der Waals surface area contributed by atoms with E-state index < -0.39 is 0 Å². The Morgan fingerprint density at radius 3 is 2.18 bits per heavy atom. The molecule has 0 spiro atoms. The molecule has 0 aliphatic carbocycles. The molecule has 0 bridgehead atoms. The maximum absolute atomic E-state index is 10.7. The van der Waals surface area contributed by atoms with E-state index >= 15 is 0 Å². The van der Waals surface area contributed by atoms with E-state index in [-0.39, 0.29) is 0 Å². The van der Waals surface area contributed by atoms with E-state index in [0.717, 1.165) is 10.5 Å². The van der Waals surface area contributed by atoms with E-state index in [0.29, 0.717) is 5.69 Å². The lowest BCUT2D eigenvalue weighted by Crippen LogP contribution is -1.90. The number of nitrogens with zero attached hydrogens (tertiary/aromatic N) is 1. The zero-order valence-corrected chi connectivity index (χ0v) is 6.57. The highest BCUT2D eigenvalue weighted by atomic mass is 16.5. The molecule has 3 heteroatoms. The average molecular weight is 152 g/mol. The molecule has 1 aromatic rings. The molecule has 0 aliphatic heterocycles. The molecule has 0 unspecified atom stereocenters. The van der Waals surface area contributed by atoms with Crippen LogP contribution in [0.5, 0.6) is 5.75 Å². The molecule has 0 atom stereocenters. The van der Waals surface area contributed by atoms with E-state index in [1.807, 2.05) is 0 Å². The van der Waals surface area contributed by atoms with Crippen molar-refractivity contribution in [2.75, 3.05) is 14.2 Å². The first-order chi connectivity index (χ1) is 5.24. The van der Waals surface area contributed by atoms with Crippen LogP contribution in [0.3, 0.4) is 0 Å². The largest absolute Gasteiger partial charge is 0.497 e. The number of nitroso groups, excluding NO2 is 1. The van der Waals surface area contributed by atoms with Gasteiger partial charge in [-0.1, -0.05) is 0 Å². The zero-order valence-electron chi connectivity index (χ0n) is 6.57. The third kappa shape index (κ3) is 1.77. The Labute approximate surface area is 65.2 Å². The van der Waals surface area contributed by atoms with E-state index in [9.17, 15) is 4.91 Å². The number of ether oxygens (including phenoxy) is 1. The minimum Gasteiger partial charge on any atom is -0.497 e. The third-order valence-electron chi connectivity index (χ3n) is 1.44. The lowest BCUT2D eigenvalue weighted by Gasteiger charge is -1.95. The Hall–Kier alpha value is -1.38. The number of methoxy groups -OCH3 is 1. The average Bonchev–Trinajstić information content (AvgIpc) is 2.05. The van der Waals surface area contributed by atoms with Crippen molar-refractivity contribution >= 4 is 5.69 Å². The van der Waals surface area contributed by atoms with Crippen LogP contribution in [0, 0.1) is 4.91 Å². The van der Waals surface area contributed by atoms with E-state index in [1.54, 1.807) is 31.4 Å². The summed E-state index contributed by atoms with van der Waals surface area (Å²) in [6.07, 6.45) is 0. The second-order valence-electron chi connectivity index (χ2n) is 2.20. The van der Waals surface area contributed by atoms with Crippen molar-refractivity contribution in [2.45, 2.75) is 0 Å². The summed E-state index contributed by atoms with van der Waals surface area (Å²) in [5.74, 6) is 0.760. The molecule has 0 heterocycles. The van der Waals surface area contributed by atoms with Gasteiger partial charge in [-0.2, -0.15) is 0 Å². The number of benzene rings is 1. The molecular formula is C8H10NO2+. The topological polar surface area (TPSA) is 29.3 Å². The quantitative estimate of drug-likeness (QED) is 0.604. The van der Waals surface area contributed by atoms with Gasteiger partial charge in [-0.25, -0.2) is 0 Å². The SMILES string of the molecule is COc1ccc([N+](C)=O)cc1. The van der Waals surface area contributed by atoms with Crippen molar-refractivity contribution in [1.29, 1.82) is 0 Å². The summed E-state index contributed by atoms with van der Waals surface area (Å²) in [5, 5.41) is 0. The maximum atomic E-state index is 10.7. The highest BCUT2D eigenvalue weighted by Crippen LogP contribution is 2.15. The van der Waals surface area contributed by atoms with Gasteiger partial charge in [0, 0.05) is 21.8 Å². The molecule has 0 N–H and O–H groups in total. The van der Waals surface area contributed by atoms with Crippen LogP contribution in [0.4, 0.5) is 5.69 Å². The van der Waals surface area contributed by atoms with Gasteiger partial charge in [-0.3, -0.25) is 0 Å². The maximum Gasteiger partial charge on any atom is 0.255 e. The molecule has 0 saturated heterocycles. The molecule has 0 fully saturated rings. The smallest absolute Gasteiger partial charge is 0.255 e. The molecule has 0 amide bonds. The third-order valence-corrected chi connectivity index (χ3v) is 1.44. The molecule has 11 heavy (non-hydrogen) atoms. The minimum atomic E-state index is 0.630. The van der Waals surface area contributed by atoms with Gasteiger partial charge < -0.3 is 4.74 Å². The van der Waals surface area contributed by atoms with Crippen molar-refractivity contribution in [3.63, 3.8) is 0 Å². The molecular weight excluding hydrogens is 142 g/mol. The van der Waals surface area contributed by atoms with Crippen molar-refractivity contribution in [1.82, 2.24) is 0 Å². The lowest BCUT2D eigenvalue weighted by atomic mass is 10.3. The van der Waals surface area contributed by atoms with Gasteiger partial charge in [0.15, 0.2) is 7.05 Å². The van der Waals surface area contributed by atoms with Crippen molar-refractivity contribution in [3.8, 4) is 5.75 Å². The van der Waals surface area contributed by atoms with Gasteiger partial charge in [0.2, 0.25) is 0 Å². The summed E-state index contributed by atoms with van der Waals surface area (Å²) < 4.78 is 5.73. The van der Waals surface area contributed by atoms with Crippen LogP contribution < -0.4 is 4.74 Å². The molecule has 1 aromatic carbocycles. The summed E-state index contributed by atoms with van der Waals surface area (Å²) in [7, 11) is 3.05. The van der Waals surface area contributed by atoms with E-state index in [2.05, 4.69) is 0 Å². The fourth-order valence-electron chi connectivity index (χ4n) is 0.792. The van der Waals surface area contributed by atoms with E-state index in [4.69, 9.17) is 4.74 Å². The Morgan fingerprint density at radius 2 is 1.82 bits per heavy atom. The zero-order chi connectivity index (χ0) is 8.27. The first-order valence-electron chi connectivity index (χ1n) is 3.29. The van der Waals surface area contributed by atoms with Crippen LogP contribution >= 0.6 is 0 Å². The highest BCUT2D eigenvalue weighted by molar-refractivity contribution is 5.35. The second kappa shape index (κ2) is 3.14. The predicted molar refractivity (Wildman–Crippen MR) is 42.2 cm³/mol. The highest BCUT2D eigenvalue weighted by Gasteiger charge is 2.04. The van der Waals surface area contributed by atoms with E-state index in [1.165, 1.54) is 7.05 Å². The first kappa shape index (κ1) is 7.72. The van der Waals surface area contributed by atoms with Crippen LogP contribution in [-0.4, -0.2) is 18.9 Å². The van der Waals surface area contributed by atoms with Crippen LogP contribution in [0.1, 0.15) is 0 Å². The van der Waals surface area contributed by atoms with Crippen LogP contribution in [0.15, 0.2) is 24.3 Å². The standard InChI is InChI=1S/C8H10NO2/c1-9(10)7-3-5-8(11-2)6-4-7/h3-6H,1-2H3/q+1. The van der Waals surface area contributed by atoms with Gasteiger partial charge in [-0.15, -0.1) is 0 Å².